The second kappa shape index (κ2) is 4.74. The average Bonchev–Trinajstić information content (AvgIpc) is 3.01. The maximum Gasteiger partial charge on any atom is 0.163 e. The summed E-state index contributed by atoms with van der Waals surface area (Å²) in [5, 5.41) is 3.40. The molecule has 2 aromatic rings. The minimum atomic E-state index is 0.449. The molecule has 2 heterocycles. The number of nitrogens with zero attached hydrogens (tertiary/aromatic N) is 1. The third kappa shape index (κ3) is 2.04. The quantitative estimate of drug-likeness (QED) is 0.886. The van der Waals surface area contributed by atoms with Gasteiger partial charge in [-0.3, -0.25) is 0 Å². The summed E-state index contributed by atoms with van der Waals surface area (Å²) in [5.74, 6) is 3.53. The number of hydrogen-bond donors (Lipinski definition) is 2. The number of hydrogen-bond acceptors (Lipinski definition) is 4. The Hall–Kier alpha value is -1.75. The summed E-state index contributed by atoms with van der Waals surface area (Å²) in [5.41, 5.74) is 1.92. The van der Waals surface area contributed by atoms with Gasteiger partial charge in [0.2, 0.25) is 0 Å². The van der Waals surface area contributed by atoms with Crippen LogP contribution in [0, 0.1) is 5.92 Å². The molecule has 1 aromatic carbocycles. The minimum Gasteiger partial charge on any atom is -0.493 e. The Balaban J connectivity index is 2.05. The Morgan fingerprint density at radius 3 is 2.53 bits per heavy atom. The Morgan fingerprint density at radius 1 is 1.16 bits per heavy atom. The van der Waals surface area contributed by atoms with Gasteiger partial charge in [0, 0.05) is 24.6 Å². The molecule has 1 aliphatic rings. The van der Waals surface area contributed by atoms with E-state index in [9.17, 15) is 0 Å². The minimum absolute atomic E-state index is 0.449. The third-order valence-corrected chi connectivity index (χ3v) is 3.87. The molecule has 0 spiro atoms. The van der Waals surface area contributed by atoms with Crippen molar-refractivity contribution in [3.8, 4) is 11.5 Å². The number of aromatic nitrogens is 2. The second-order valence-electron chi connectivity index (χ2n) is 5.09. The van der Waals surface area contributed by atoms with Crippen LogP contribution in [0.2, 0.25) is 0 Å². The molecule has 5 nitrogen and oxygen atoms in total. The first-order valence-electron chi connectivity index (χ1n) is 6.55. The molecule has 0 aliphatic carbocycles. The van der Waals surface area contributed by atoms with Crippen molar-refractivity contribution in [2.24, 2.45) is 5.92 Å². The van der Waals surface area contributed by atoms with Gasteiger partial charge >= 0.3 is 0 Å². The first-order chi connectivity index (χ1) is 9.22. The SMILES string of the molecule is COc1cc2nc(C3CNCC3C)[nH]c2cc1OC. The summed E-state index contributed by atoms with van der Waals surface area (Å²) in [4.78, 5) is 8.11. The van der Waals surface area contributed by atoms with Gasteiger partial charge in [-0.15, -0.1) is 0 Å². The molecular formula is C14H19N3O2. The van der Waals surface area contributed by atoms with E-state index in [1.54, 1.807) is 14.2 Å². The van der Waals surface area contributed by atoms with Gasteiger partial charge in [-0.25, -0.2) is 4.98 Å². The molecule has 2 atom stereocenters. The molecule has 0 radical (unpaired) electrons. The zero-order valence-corrected chi connectivity index (χ0v) is 11.5. The maximum atomic E-state index is 5.32. The Labute approximate surface area is 112 Å². The normalized spacial score (nSPS) is 22.9. The van der Waals surface area contributed by atoms with Crippen molar-refractivity contribution in [1.29, 1.82) is 0 Å². The van der Waals surface area contributed by atoms with Gasteiger partial charge in [-0.1, -0.05) is 6.92 Å². The lowest BCUT2D eigenvalue weighted by Gasteiger charge is -2.09. The molecule has 0 amide bonds. The van der Waals surface area contributed by atoms with Crippen molar-refractivity contribution in [1.82, 2.24) is 15.3 Å². The van der Waals surface area contributed by atoms with Crippen LogP contribution in [0.25, 0.3) is 11.0 Å². The Kier molecular flexibility index (Phi) is 3.06. The molecule has 1 aromatic heterocycles. The fraction of sp³-hybridized carbons (Fsp3) is 0.500. The highest BCUT2D eigenvalue weighted by atomic mass is 16.5. The number of benzene rings is 1. The average molecular weight is 261 g/mol. The fourth-order valence-corrected chi connectivity index (χ4v) is 2.71. The lowest BCUT2D eigenvalue weighted by Crippen LogP contribution is -2.09. The van der Waals surface area contributed by atoms with E-state index in [0.29, 0.717) is 17.6 Å². The first-order valence-corrected chi connectivity index (χ1v) is 6.55. The lowest BCUT2D eigenvalue weighted by atomic mass is 9.98. The topological polar surface area (TPSA) is 59.2 Å². The molecule has 2 unspecified atom stereocenters. The van der Waals surface area contributed by atoms with Crippen LogP contribution >= 0.6 is 0 Å². The van der Waals surface area contributed by atoms with Crippen molar-refractivity contribution in [2.75, 3.05) is 27.3 Å². The highest BCUT2D eigenvalue weighted by Gasteiger charge is 2.27. The summed E-state index contributed by atoms with van der Waals surface area (Å²) >= 11 is 0. The molecule has 102 valence electrons. The number of nitrogens with one attached hydrogen (secondary N) is 2. The smallest absolute Gasteiger partial charge is 0.163 e. The summed E-state index contributed by atoms with van der Waals surface area (Å²) in [7, 11) is 3.28. The standard InChI is InChI=1S/C14H19N3O2/c1-8-6-15-7-9(8)14-16-10-4-12(18-2)13(19-3)5-11(10)17-14/h4-5,8-9,15H,6-7H2,1-3H3,(H,16,17). The Bertz CT molecular complexity index is 553. The van der Waals surface area contributed by atoms with Crippen LogP contribution in [0.1, 0.15) is 18.7 Å². The summed E-state index contributed by atoms with van der Waals surface area (Å²) < 4.78 is 10.6. The molecule has 5 heteroatoms. The van der Waals surface area contributed by atoms with E-state index in [0.717, 1.165) is 35.7 Å². The zero-order valence-electron chi connectivity index (χ0n) is 11.5. The third-order valence-electron chi connectivity index (χ3n) is 3.87. The zero-order chi connectivity index (χ0) is 13.4. The van der Waals surface area contributed by atoms with Gasteiger partial charge in [0.15, 0.2) is 11.5 Å². The van der Waals surface area contributed by atoms with E-state index in [2.05, 4.69) is 17.2 Å². The maximum absolute atomic E-state index is 5.32. The van der Waals surface area contributed by atoms with Crippen molar-refractivity contribution in [3.05, 3.63) is 18.0 Å². The highest BCUT2D eigenvalue weighted by Crippen LogP contribution is 2.33. The van der Waals surface area contributed by atoms with Gasteiger partial charge in [0.05, 0.1) is 25.3 Å². The van der Waals surface area contributed by atoms with Crippen molar-refractivity contribution >= 4 is 11.0 Å². The van der Waals surface area contributed by atoms with Crippen LogP contribution in [0.15, 0.2) is 12.1 Å². The van der Waals surface area contributed by atoms with Crippen LogP contribution in [-0.2, 0) is 0 Å². The van der Waals surface area contributed by atoms with E-state index >= 15 is 0 Å². The monoisotopic (exact) mass is 261 g/mol. The predicted octanol–water partition coefficient (Wildman–Crippen LogP) is 1.90. The largest absolute Gasteiger partial charge is 0.493 e. The molecule has 0 bridgehead atoms. The van der Waals surface area contributed by atoms with Crippen LogP contribution in [0.4, 0.5) is 0 Å². The number of aromatic amines is 1. The number of imidazole rings is 1. The number of methoxy groups -OCH3 is 2. The van der Waals surface area contributed by atoms with E-state index in [4.69, 9.17) is 14.5 Å². The molecule has 2 N–H and O–H groups in total. The molecule has 1 saturated heterocycles. The van der Waals surface area contributed by atoms with E-state index in [1.165, 1.54) is 0 Å². The number of rotatable bonds is 3. The van der Waals surface area contributed by atoms with Crippen LogP contribution in [0.3, 0.4) is 0 Å². The van der Waals surface area contributed by atoms with Crippen LogP contribution < -0.4 is 14.8 Å². The van der Waals surface area contributed by atoms with Crippen molar-refractivity contribution < 1.29 is 9.47 Å². The Morgan fingerprint density at radius 2 is 1.89 bits per heavy atom. The molecule has 1 fully saturated rings. The van der Waals surface area contributed by atoms with Crippen LogP contribution in [-0.4, -0.2) is 37.3 Å². The van der Waals surface area contributed by atoms with Gasteiger partial charge < -0.3 is 19.8 Å². The van der Waals surface area contributed by atoms with Gasteiger partial charge in [0.25, 0.3) is 0 Å². The van der Waals surface area contributed by atoms with E-state index in [-0.39, 0.29) is 0 Å². The summed E-state index contributed by atoms with van der Waals surface area (Å²) in [6, 6.07) is 3.86. The first kappa shape index (κ1) is 12.3. The predicted molar refractivity (Wildman–Crippen MR) is 74.0 cm³/mol. The van der Waals surface area contributed by atoms with E-state index < -0.39 is 0 Å². The number of ether oxygens (including phenoxy) is 2. The molecular weight excluding hydrogens is 242 g/mol. The van der Waals surface area contributed by atoms with Crippen LogP contribution in [0.5, 0.6) is 11.5 Å². The number of fused-ring (bicyclic) bond motifs is 1. The van der Waals surface area contributed by atoms with Crippen molar-refractivity contribution in [2.45, 2.75) is 12.8 Å². The van der Waals surface area contributed by atoms with Gasteiger partial charge in [-0.05, 0) is 12.5 Å². The summed E-state index contributed by atoms with van der Waals surface area (Å²) in [6.45, 7) is 4.28. The molecule has 19 heavy (non-hydrogen) atoms. The molecule has 0 saturated carbocycles. The lowest BCUT2D eigenvalue weighted by molar-refractivity contribution is 0.356. The van der Waals surface area contributed by atoms with Gasteiger partial charge in [-0.2, -0.15) is 0 Å². The molecule has 1 aliphatic heterocycles. The second-order valence-corrected chi connectivity index (χ2v) is 5.09. The fourth-order valence-electron chi connectivity index (χ4n) is 2.71. The van der Waals surface area contributed by atoms with E-state index in [1.807, 2.05) is 12.1 Å². The summed E-state index contributed by atoms with van der Waals surface area (Å²) in [6.07, 6.45) is 0. The van der Waals surface area contributed by atoms with Crippen molar-refractivity contribution in [3.63, 3.8) is 0 Å². The number of H-pyrrole nitrogens is 1. The van der Waals surface area contributed by atoms with Gasteiger partial charge in [0.1, 0.15) is 5.82 Å². The highest BCUT2D eigenvalue weighted by molar-refractivity contribution is 5.79. The molecule has 3 rings (SSSR count).